The van der Waals surface area contributed by atoms with E-state index in [1.165, 1.54) is 21.1 Å². The van der Waals surface area contributed by atoms with Crippen LogP contribution in [0.2, 0.25) is 0 Å². The second-order valence-corrected chi connectivity index (χ2v) is 3.95. The van der Waals surface area contributed by atoms with Crippen LogP contribution in [0.1, 0.15) is 6.92 Å². The molecule has 1 rings (SSSR count). The molecule has 0 aliphatic rings. The fourth-order valence-electron chi connectivity index (χ4n) is 1.39. The maximum Gasteiger partial charge on any atom is 0.221 e. The molecule has 1 aromatic carbocycles. The van der Waals surface area contributed by atoms with Crippen molar-refractivity contribution in [3.05, 3.63) is 18.2 Å². The minimum atomic E-state index is -1.26. The number of hydrogen-bond donors (Lipinski definition) is 1. The Bertz CT molecular complexity index is 530. The van der Waals surface area contributed by atoms with Gasteiger partial charge in [0.05, 0.1) is 19.6 Å². The van der Waals surface area contributed by atoms with E-state index in [0.29, 0.717) is 17.1 Å². The molecule has 1 aromatic rings. The molecule has 0 unspecified atom stereocenters. The Hall–Kier alpha value is -2.64. The first kappa shape index (κ1) is 15.4. The van der Waals surface area contributed by atoms with E-state index < -0.39 is 5.97 Å². The molecule has 0 saturated heterocycles. The zero-order chi connectivity index (χ0) is 15.1. The van der Waals surface area contributed by atoms with Crippen LogP contribution < -0.4 is 15.2 Å². The largest absolute Gasteiger partial charge is 0.548 e. The third kappa shape index (κ3) is 4.92. The van der Waals surface area contributed by atoms with Crippen molar-refractivity contribution in [2.75, 3.05) is 26.0 Å². The molecule has 0 aliphatic carbocycles. The van der Waals surface area contributed by atoms with Gasteiger partial charge in [0.1, 0.15) is 11.4 Å². The van der Waals surface area contributed by atoms with Gasteiger partial charge in [0.2, 0.25) is 5.91 Å². The summed E-state index contributed by atoms with van der Waals surface area (Å²) in [6.45, 7) is 1.01. The average molecular weight is 279 g/mol. The molecule has 20 heavy (non-hydrogen) atoms. The number of nitrogens with zero attached hydrogens (tertiary/aromatic N) is 3. The van der Waals surface area contributed by atoms with Crippen molar-refractivity contribution in [1.29, 1.82) is 0 Å². The monoisotopic (exact) mass is 279 g/mol. The van der Waals surface area contributed by atoms with Crippen LogP contribution >= 0.6 is 0 Å². The molecule has 0 saturated carbocycles. The maximum atomic E-state index is 11.0. The van der Waals surface area contributed by atoms with Gasteiger partial charge < -0.3 is 20.0 Å². The standard InChI is InChI=1S/C12H16N4O4/c1-8(17)13-9-4-5-11(20-3)10(6-9)14-15-16(2)7-12(18)19/h4-6H,7H2,1-3H3,(H,13,17)(H,18,19)/p-1. The molecule has 0 heterocycles. The molecular formula is C12H15N4O4-. The van der Waals surface area contributed by atoms with Crippen LogP contribution in [0.5, 0.6) is 5.75 Å². The van der Waals surface area contributed by atoms with E-state index in [-0.39, 0.29) is 12.5 Å². The van der Waals surface area contributed by atoms with Gasteiger partial charge >= 0.3 is 0 Å². The van der Waals surface area contributed by atoms with Gasteiger partial charge in [-0.2, -0.15) is 0 Å². The smallest absolute Gasteiger partial charge is 0.221 e. The Balaban J connectivity index is 2.93. The quantitative estimate of drug-likeness (QED) is 0.596. The summed E-state index contributed by atoms with van der Waals surface area (Å²) < 4.78 is 5.11. The van der Waals surface area contributed by atoms with Crippen molar-refractivity contribution in [1.82, 2.24) is 5.01 Å². The summed E-state index contributed by atoms with van der Waals surface area (Å²) in [5, 5.41) is 21.7. The number of carboxylic acid groups (broad SMARTS) is 1. The van der Waals surface area contributed by atoms with Gasteiger partial charge in [0.25, 0.3) is 0 Å². The van der Waals surface area contributed by atoms with Crippen LogP contribution in [0.25, 0.3) is 0 Å². The molecule has 108 valence electrons. The zero-order valence-electron chi connectivity index (χ0n) is 11.4. The molecule has 0 radical (unpaired) electrons. The first-order valence-electron chi connectivity index (χ1n) is 5.70. The fourth-order valence-corrected chi connectivity index (χ4v) is 1.39. The average Bonchev–Trinajstić information content (AvgIpc) is 2.35. The van der Waals surface area contributed by atoms with Crippen molar-refractivity contribution in [3.8, 4) is 5.75 Å². The molecule has 0 atom stereocenters. The second kappa shape index (κ2) is 7.07. The van der Waals surface area contributed by atoms with E-state index in [0.717, 1.165) is 5.01 Å². The van der Waals surface area contributed by atoms with Gasteiger partial charge in [-0.25, -0.2) is 0 Å². The highest BCUT2D eigenvalue weighted by Gasteiger charge is 2.05. The molecule has 0 aromatic heterocycles. The van der Waals surface area contributed by atoms with Gasteiger partial charge in [-0.15, -0.1) is 5.11 Å². The number of amides is 1. The lowest BCUT2D eigenvalue weighted by molar-refractivity contribution is -0.306. The highest BCUT2D eigenvalue weighted by atomic mass is 16.5. The van der Waals surface area contributed by atoms with Crippen molar-refractivity contribution >= 4 is 23.3 Å². The minimum Gasteiger partial charge on any atom is -0.548 e. The topological polar surface area (TPSA) is 106 Å². The van der Waals surface area contributed by atoms with Crippen LogP contribution in [0, 0.1) is 0 Å². The molecule has 0 spiro atoms. The van der Waals surface area contributed by atoms with E-state index in [9.17, 15) is 14.7 Å². The van der Waals surface area contributed by atoms with Crippen molar-refractivity contribution in [2.45, 2.75) is 6.92 Å². The maximum absolute atomic E-state index is 11.0. The number of nitrogens with one attached hydrogen (secondary N) is 1. The number of carbonyl (C=O) groups is 2. The zero-order valence-corrected chi connectivity index (χ0v) is 11.4. The van der Waals surface area contributed by atoms with Crippen molar-refractivity contribution < 1.29 is 19.4 Å². The molecule has 0 bridgehead atoms. The summed E-state index contributed by atoms with van der Waals surface area (Å²) in [5.41, 5.74) is 0.902. The Morgan fingerprint density at radius 1 is 1.45 bits per heavy atom. The fraction of sp³-hybridized carbons (Fsp3) is 0.333. The number of rotatable bonds is 6. The van der Waals surface area contributed by atoms with Crippen molar-refractivity contribution in [3.63, 3.8) is 0 Å². The predicted molar refractivity (Wildman–Crippen MR) is 69.5 cm³/mol. The summed E-state index contributed by atoms with van der Waals surface area (Å²) in [4.78, 5) is 21.4. The lowest BCUT2D eigenvalue weighted by Gasteiger charge is -2.12. The summed E-state index contributed by atoms with van der Waals surface area (Å²) >= 11 is 0. The van der Waals surface area contributed by atoms with Gasteiger partial charge in [0.15, 0.2) is 0 Å². The number of likely N-dealkylation sites (N-methyl/N-ethyl adjacent to an activating group) is 1. The number of aliphatic carboxylic acids is 1. The molecule has 1 N–H and O–H groups in total. The highest BCUT2D eigenvalue weighted by molar-refractivity contribution is 5.89. The van der Waals surface area contributed by atoms with E-state index in [1.807, 2.05) is 0 Å². The van der Waals surface area contributed by atoms with Crippen molar-refractivity contribution in [2.24, 2.45) is 10.3 Å². The lowest BCUT2D eigenvalue weighted by Crippen LogP contribution is -2.33. The van der Waals surface area contributed by atoms with Gasteiger partial charge in [-0.3, -0.25) is 9.80 Å². The minimum absolute atomic E-state index is 0.216. The molecule has 0 fully saturated rings. The first-order valence-corrected chi connectivity index (χ1v) is 5.70. The summed E-state index contributed by atoms with van der Waals surface area (Å²) in [6, 6.07) is 4.85. The SMILES string of the molecule is COc1ccc(NC(C)=O)cc1N=NN(C)CC(=O)[O-]. The summed E-state index contributed by atoms with van der Waals surface area (Å²) in [6.07, 6.45) is 0. The van der Waals surface area contributed by atoms with Crippen LogP contribution in [-0.4, -0.2) is 37.6 Å². The third-order valence-corrected chi connectivity index (χ3v) is 2.16. The van der Waals surface area contributed by atoms with Crippen LogP contribution in [0.15, 0.2) is 28.5 Å². The van der Waals surface area contributed by atoms with E-state index >= 15 is 0 Å². The second-order valence-electron chi connectivity index (χ2n) is 3.95. The number of ether oxygens (including phenoxy) is 1. The van der Waals surface area contributed by atoms with Crippen LogP contribution in [0.3, 0.4) is 0 Å². The first-order chi connectivity index (χ1) is 9.42. The van der Waals surface area contributed by atoms with E-state index in [4.69, 9.17) is 4.74 Å². The molecule has 1 amide bonds. The van der Waals surface area contributed by atoms with E-state index in [1.54, 1.807) is 18.2 Å². The van der Waals surface area contributed by atoms with Gasteiger partial charge in [0, 0.05) is 19.7 Å². The molecule has 8 heteroatoms. The Kier molecular flexibility index (Phi) is 5.45. The normalized spacial score (nSPS) is 10.3. The number of hydrogen-bond acceptors (Lipinski definition) is 6. The summed E-state index contributed by atoms with van der Waals surface area (Å²) in [7, 11) is 2.92. The van der Waals surface area contributed by atoms with Crippen LogP contribution in [0.4, 0.5) is 11.4 Å². The Morgan fingerprint density at radius 3 is 2.70 bits per heavy atom. The molecule has 8 nitrogen and oxygen atoms in total. The van der Waals surface area contributed by atoms with Gasteiger partial charge in [-0.1, -0.05) is 5.22 Å². The predicted octanol–water partition coefficient (Wildman–Crippen LogP) is 0.334. The van der Waals surface area contributed by atoms with E-state index in [2.05, 4.69) is 15.7 Å². The highest BCUT2D eigenvalue weighted by Crippen LogP contribution is 2.30. The Labute approximate surface area is 116 Å². The van der Waals surface area contributed by atoms with Crippen LogP contribution in [-0.2, 0) is 9.59 Å². The van der Waals surface area contributed by atoms with Gasteiger partial charge in [-0.05, 0) is 18.2 Å². The number of methoxy groups -OCH3 is 1. The number of anilines is 1. The third-order valence-electron chi connectivity index (χ3n) is 2.16. The number of benzene rings is 1. The lowest BCUT2D eigenvalue weighted by atomic mass is 10.2. The summed E-state index contributed by atoms with van der Waals surface area (Å²) in [5.74, 6) is -1.03. The Morgan fingerprint density at radius 2 is 2.15 bits per heavy atom. The number of carbonyl (C=O) groups excluding carboxylic acids is 2. The molecule has 0 aliphatic heterocycles. The molecular weight excluding hydrogens is 264 g/mol. The number of carboxylic acids is 1.